The highest BCUT2D eigenvalue weighted by molar-refractivity contribution is 7.99. The Morgan fingerprint density at radius 3 is 2.69 bits per heavy atom. The molecule has 8 heteroatoms. The Labute approximate surface area is 217 Å². The van der Waals surface area contributed by atoms with E-state index < -0.39 is 24.0 Å². The normalized spacial score (nSPS) is 29.1. The number of benzene rings is 1. The van der Waals surface area contributed by atoms with Crippen molar-refractivity contribution in [3.8, 4) is 12.3 Å². The van der Waals surface area contributed by atoms with Crippen LogP contribution in [0, 0.1) is 17.8 Å². The standard InChI is InChI=1S/C28H34N4O3S/c1-3-20(29-2)25(33)31-22-13-16-36-23-17-28(14-6-7-15-28)24(32(23)27(22)35)26(34)30-21-12-8-10-18-9-4-5-11-19(18)21/h1,4-7,9,11,20-24,29H,8,10,12-17H2,2H3,(H,30,34)(H,31,33)/t20-,21+,22-,23-,24+/m0/s1. The number of carbonyl (C=O) groups excluding carboxylic acids is 3. The number of thioether (sulfide) groups is 1. The maximum absolute atomic E-state index is 14.1. The van der Waals surface area contributed by atoms with Gasteiger partial charge in [0, 0.05) is 5.41 Å². The van der Waals surface area contributed by atoms with Crippen LogP contribution in [0.25, 0.3) is 0 Å². The van der Waals surface area contributed by atoms with Crippen LogP contribution in [0.5, 0.6) is 0 Å². The number of hydrogen-bond acceptors (Lipinski definition) is 5. The number of terminal acetylenes is 1. The molecule has 5 rings (SSSR count). The molecule has 0 saturated carbocycles. The molecule has 7 nitrogen and oxygen atoms in total. The van der Waals surface area contributed by atoms with Crippen molar-refractivity contribution < 1.29 is 14.4 Å². The third-order valence-electron chi connectivity index (χ3n) is 8.20. The molecule has 0 radical (unpaired) electrons. The van der Waals surface area contributed by atoms with Gasteiger partial charge < -0.3 is 15.5 Å². The highest BCUT2D eigenvalue weighted by Gasteiger charge is 2.58. The molecular formula is C28H34N4O3S. The summed E-state index contributed by atoms with van der Waals surface area (Å²) in [5, 5.41) is 8.91. The lowest BCUT2D eigenvalue weighted by atomic mass is 9.77. The van der Waals surface area contributed by atoms with Gasteiger partial charge in [-0.15, -0.1) is 18.2 Å². The monoisotopic (exact) mass is 506 g/mol. The smallest absolute Gasteiger partial charge is 0.250 e. The molecule has 2 saturated heterocycles. The minimum absolute atomic E-state index is 0.0508. The molecule has 0 aromatic heterocycles. The molecular weight excluding hydrogens is 472 g/mol. The van der Waals surface area contributed by atoms with E-state index in [2.05, 4.69) is 46.2 Å². The SMILES string of the molecule is C#C[C@H](NC)C(=O)N[C@H]1CCS[C@H]2CC3(CC=CC3)[C@@H](C(=O)N[C@@H]3CCCc4ccccc43)N2C1=O. The van der Waals surface area contributed by atoms with E-state index in [-0.39, 0.29) is 28.6 Å². The van der Waals surface area contributed by atoms with Crippen LogP contribution in [-0.4, -0.2) is 58.9 Å². The molecule has 0 unspecified atom stereocenters. The average Bonchev–Trinajstić information content (AvgIpc) is 3.44. The van der Waals surface area contributed by atoms with Crippen LogP contribution in [0.1, 0.15) is 55.7 Å². The second-order valence-electron chi connectivity index (χ2n) is 10.3. The summed E-state index contributed by atoms with van der Waals surface area (Å²) in [4.78, 5) is 42.5. The van der Waals surface area contributed by atoms with Gasteiger partial charge >= 0.3 is 0 Å². The van der Waals surface area contributed by atoms with Crippen molar-refractivity contribution in [1.29, 1.82) is 0 Å². The van der Waals surface area contributed by atoms with E-state index in [1.807, 2.05) is 12.1 Å². The Kier molecular flexibility index (Phi) is 7.14. The van der Waals surface area contributed by atoms with Crippen molar-refractivity contribution in [2.24, 2.45) is 5.41 Å². The van der Waals surface area contributed by atoms with Gasteiger partial charge in [0.15, 0.2) is 0 Å². The number of hydrogen-bond donors (Lipinski definition) is 3. The molecule has 3 amide bonds. The molecule has 2 aliphatic heterocycles. The van der Waals surface area contributed by atoms with Gasteiger partial charge in [0.25, 0.3) is 0 Å². The second kappa shape index (κ2) is 10.3. The van der Waals surface area contributed by atoms with Crippen LogP contribution in [0.4, 0.5) is 0 Å². The molecule has 2 heterocycles. The fourth-order valence-corrected chi connectivity index (χ4v) is 7.88. The lowest BCUT2D eigenvalue weighted by Crippen LogP contribution is -2.58. The Hall–Kier alpha value is -2.76. The highest BCUT2D eigenvalue weighted by atomic mass is 32.2. The maximum Gasteiger partial charge on any atom is 0.250 e. The van der Waals surface area contributed by atoms with E-state index in [9.17, 15) is 14.4 Å². The van der Waals surface area contributed by atoms with Gasteiger partial charge in [0.05, 0.1) is 11.4 Å². The summed E-state index contributed by atoms with van der Waals surface area (Å²) in [6, 6.07) is 6.18. The van der Waals surface area contributed by atoms with Gasteiger partial charge in [-0.2, -0.15) is 0 Å². The number of likely N-dealkylation sites (N-methyl/N-ethyl adjacent to an activating group) is 1. The Morgan fingerprint density at radius 1 is 1.17 bits per heavy atom. The summed E-state index contributed by atoms with van der Waals surface area (Å²) in [5.41, 5.74) is 2.16. The first-order valence-electron chi connectivity index (χ1n) is 12.9. The Balaban J connectivity index is 1.42. The van der Waals surface area contributed by atoms with E-state index in [1.165, 1.54) is 11.1 Å². The summed E-state index contributed by atoms with van der Waals surface area (Å²) in [6.45, 7) is 0. The summed E-state index contributed by atoms with van der Waals surface area (Å²) in [7, 11) is 1.62. The van der Waals surface area contributed by atoms with E-state index in [1.54, 1.807) is 23.7 Å². The summed E-state index contributed by atoms with van der Waals surface area (Å²) in [6.07, 6.45) is 15.5. The predicted molar refractivity (Wildman–Crippen MR) is 141 cm³/mol. The van der Waals surface area contributed by atoms with Gasteiger partial charge in [-0.05, 0) is 68.9 Å². The fourth-order valence-electron chi connectivity index (χ4n) is 6.40. The van der Waals surface area contributed by atoms with Gasteiger partial charge in [-0.1, -0.05) is 42.3 Å². The van der Waals surface area contributed by atoms with E-state index in [4.69, 9.17) is 6.42 Å². The molecule has 5 atom stereocenters. The molecule has 0 bridgehead atoms. The molecule has 1 spiro atoms. The van der Waals surface area contributed by atoms with E-state index >= 15 is 0 Å². The third-order valence-corrected chi connectivity index (χ3v) is 9.45. The van der Waals surface area contributed by atoms with Crippen LogP contribution >= 0.6 is 11.8 Å². The number of allylic oxidation sites excluding steroid dienone is 2. The first-order valence-corrected chi connectivity index (χ1v) is 13.9. The van der Waals surface area contributed by atoms with Crippen molar-refractivity contribution in [2.45, 2.75) is 74.5 Å². The van der Waals surface area contributed by atoms with Gasteiger partial charge in [-0.25, -0.2) is 0 Å². The number of aryl methyl sites for hydroxylation is 1. The summed E-state index contributed by atoms with van der Waals surface area (Å²) in [5.74, 6) is 2.48. The van der Waals surface area contributed by atoms with Crippen LogP contribution in [0.15, 0.2) is 36.4 Å². The Morgan fingerprint density at radius 2 is 1.94 bits per heavy atom. The largest absolute Gasteiger partial charge is 0.347 e. The lowest BCUT2D eigenvalue weighted by Gasteiger charge is -2.37. The van der Waals surface area contributed by atoms with Crippen LogP contribution in [0.2, 0.25) is 0 Å². The number of amides is 3. The van der Waals surface area contributed by atoms with Crippen molar-refractivity contribution in [3.63, 3.8) is 0 Å². The Bertz CT molecular complexity index is 1100. The minimum Gasteiger partial charge on any atom is -0.347 e. The van der Waals surface area contributed by atoms with Crippen LogP contribution < -0.4 is 16.0 Å². The zero-order chi connectivity index (χ0) is 25.3. The molecule has 36 heavy (non-hydrogen) atoms. The van der Waals surface area contributed by atoms with Crippen molar-refractivity contribution >= 4 is 29.5 Å². The third kappa shape index (κ3) is 4.44. The van der Waals surface area contributed by atoms with Crippen molar-refractivity contribution in [2.75, 3.05) is 12.8 Å². The highest BCUT2D eigenvalue weighted by Crippen LogP contribution is 2.53. The van der Waals surface area contributed by atoms with E-state index in [0.29, 0.717) is 6.42 Å². The molecule has 4 aliphatic rings. The van der Waals surface area contributed by atoms with Crippen LogP contribution in [-0.2, 0) is 20.8 Å². The topological polar surface area (TPSA) is 90.5 Å². The zero-order valence-electron chi connectivity index (χ0n) is 20.7. The van der Waals surface area contributed by atoms with Gasteiger partial charge in [0.1, 0.15) is 18.1 Å². The second-order valence-corrected chi connectivity index (χ2v) is 11.6. The first-order chi connectivity index (χ1) is 17.5. The molecule has 3 N–H and O–H groups in total. The fraction of sp³-hybridized carbons (Fsp3) is 0.536. The lowest BCUT2D eigenvalue weighted by molar-refractivity contribution is -0.144. The van der Waals surface area contributed by atoms with Gasteiger partial charge in [-0.3, -0.25) is 19.7 Å². The van der Waals surface area contributed by atoms with Crippen molar-refractivity contribution in [1.82, 2.24) is 20.9 Å². The molecule has 1 aromatic carbocycles. The number of nitrogens with zero attached hydrogens (tertiary/aromatic N) is 1. The number of carbonyl (C=O) groups is 3. The zero-order valence-corrected chi connectivity index (χ0v) is 21.5. The summed E-state index contributed by atoms with van der Waals surface area (Å²) >= 11 is 1.72. The molecule has 1 aromatic rings. The van der Waals surface area contributed by atoms with E-state index in [0.717, 1.165) is 44.3 Å². The quantitative estimate of drug-likeness (QED) is 0.421. The van der Waals surface area contributed by atoms with Crippen LogP contribution in [0.3, 0.4) is 0 Å². The number of rotatable bonds is 5. The molecule has 2 aliphatic carbocycles. The first kappa shape index (κ1) is 24.9. The molecule has 2 fully saturated rings. The van der Waals surface area contributed by atoms with Gasteiger partial charge in [0.2, 0.25) is 17.7 Å². The maximum atomic E-state index is 14.1. The minimum atomic E-state index is -0.807. The number of fused-ring (bicyclic) bond motifs is 2. The summed E-state index contributed by atoms with van der Waals surface area (Å²) < 4.78 is 0. The molecule has 190 valence electrons. The average molecular weight is 507 g/mol. The predicted octanol–water partition coefficient (Wildman–Crippen LogP) is 2.29. The van der Waals surface area contributed by atoms with Crippen molar-refractivity contribution in [3.05, 3.63) is 47.5 Å². The number of nitrogens with one attached hydrogen (secondary N) is 3.